The van der Waals surface area contributed by atoms with E-state index in [9.17, 15) is 14.4 Å². The molecule has 0 N–H and O–H groups in total. The Morgan fingerprint density at radius 3 is 1.06 bits per heavy atom. The van der Waals surface area contributed by atoms with E-state index < -0.39 is 6.10 Å². The molecule has 390 valence electrons. The van der Waals surface area contributed by atoms with Crippen molar-refractivity contribution < 1.29 is 28.6 Å². The Bertz CT molecular complexity index is 1470. The summed E-state index contributed by atoms with van der Waals surface area (Å²) in [5.74, 6) is -1.03. The number of rotatable bonds is 49. The standard InChI is InChI=1S/C63H102O6/c1-4-7-10-13-16-19-22-25-28-30-32-34-35-38-41-44-47-50-53-56-62(65)68-59-60(58-67-61(64)55-52-49-46-43-40-37-27-24-21-18-15-12-9-6-3)69-63(66)57-54-51-48-45-42-39-36-33-31-29-26-23-20-17-14-11-8-5-2/h7,9-10,12,16,18-19,21,25,28-29,31-34,36,38,41,47,50,60H,4-6,8,11,13-15,17,20,22-24,26-27,30,35,37,39-40,42-46,48-49,51-59H2,1-3H3/b10-7-,12-9-,19-16-,21-18-,28-25-,31-29-,34-32-,36-33-,41-38-,50-47-. The molecule has 0 spiro atoms. The number of ether oxygens (including phenoxy) is 3. The summed E-state index contributed by atoms with van der Waals surface area (Å²) in [7, 11) is 0. The van der Waals surface area contributed by atoms with Gasteiger partial charge in [0.05, 0.1) is 0 Å². The van der Waals surface area contributed by atoms with Gasteiger partial charge in [0.2, 0.25) is 0 Å². The molecule has 0 aliphatic carbocycles. The summed E-state index contributed by atoms with van der Waals surface area (Å²) in [6, 6.07) is 0. The van der Waals surface area contributed by atoms with E-state index in [-0.39, 0.29) is 44.0 Å². The molecule has 1 atom stereocenters. The third-order valence-corrected chi connectivity index (χ3v) is 11.5. The molecule has 1 unspecified atom stereocenters. The van der Waals surface area contributed by atoms with E-state index in [1.807, 2.05) is 6.08 Å². The van der Waals surface area contributed by atoms with Gasteiger partial charge in [-0.1, -0.05) is 232 Å². The van der Waals surface area contributed by atoms with Crippen LogP contribution < -0.4 is 0 Å². The first-order chi connectivity index (χ1) is 34.0. The summed E-state index contributed by atoms with van der Waals surface area (Å²) in [5.41, 5.74) is 0. The SMILES string of the molecule is CC/C=C\C/C=C\C/C=C\C/C=C\C/C=C\C/C=C\CCC(=O)OCC(COC(=O)CCCCCCCCC/C=C\C/C=C\CC)OC(=O)CCCCCCC/C=C\C=C/CCCCCCCCC. The van der Waals surface area contributed by atoms with Gasteiger partial charge in [0.15, 0.2) is 6.10 Å². The van der Waals surface area contributed by atoms with Gasteiger partial charge < -0.3 is 14.2 Å². The summed E-state index contributed by atoms with van der Waals surface area (Å²) in [4.78, 5) is 38.1. The first kappa shape index (κ1) is 64.8. The van der Waals surface area contributed by atoms with Crippen LogP contribution in [0.15, 0.2) is 122 Å². The molecule has 0 radical (unpaired) electrons. The number of esters is 3. The van der Waals surface area contributed by atoms with E-state index >= 15 is 0 Å². The largest absolute Gasteiger partial charge is 0.462 e. The number of carbonyl (C=O) groups is 3. The molecule has 0 saturated heterocycles. The highest BCUT2D eigenvalue weighted by Gasteiger charge is 2.19. The molecule has 0 aromatic rings. The van der Waals surface area contributed by atoms with Crippen LogP contribution in [-0.4, -0.2) is 37.2 Å². The van der Waals surface area contributed by atoms with Crippen molar-refractivity contribution in [3.05, 3.63) is 122 Å². The first-order valence-corrected chi connectivity index (χ1v) is 28.1. The predicted molar refractivity (Wildman–Crippen MR) is 297 cm³/mol. The lowest BCUT2D eigenvalue weighted by Crippen LogP contribution is -2.30. The molecule has 0 aromatic heterocycles. The second kappa shape index (κ2) is 56.4. The van der Waals surface area contributed by atoms with Crippen LogP contribution in [0.3, 0.4) is 0 Å². The molecule has 0 aliphatic rings. The third-order valence-electron chi connectivity index (χ3n) is 11.5. The zero-order chi connectivity index (χ0) is 50.0. The smallest absolute Gasteiger partial charge is 0.306 e. The van der Waals surface area contributed by atoms with Crippen molar-refractivity contribution in [1.82, 2.24) is 0 Å². The fourth-order valence-corrected chi connectivity index (χ4v) is 7.32. The molecular formula is C63H102O6. The van der Waals surface area contributed by atoms with E-state index in [2.05, 4.69) is 136 Å². The van der Waals surface area contributed by atoms with Crippen molar-refractivity contribution in [2.24, 2.45) is 0 Å². The number of carbonyl (C=O) groups excluding carboxylic acids is 3. The Kier molecular flexibility index (Phi) is 53.0. The minimum Gasteiger partial charge on any atom is -0.462 e. The van der Waals surface area contributed by atoms with Crippen molar-refractivity contribution in [1.29, 1.82) is 0 Å². The van der Waals surface area contributed by atoms with Crippen molar-refractivity contribution in [2.45, 2.75) is 245 Å². The summed E-state index contributed by atoms with van der Waals surface area (Å²) in [6.07, 6.45) is 77.7. The number of hydrogen-bond donors (Lipinski definition) is 0. The lowest BCUT2D eigenvalue weighted by molar-refractivity contribution is -0.166. The topological polar surface area (TPSA) is 78.9 Å². The van der Waals surface area contributed by atoms with Crippen LogP contribution in [0.1, 0.15) is 239 Å². The molecule has 0 aliphatic heterocycles. The van der Waals surface area contributed by atoms with E-state index in [1.165, 1.54) is 77.0 Å². The fraction of sp³-hybridized carbons (Fsp3) is 0.635. The van der Waals surface area contributed by atoms with E-state index in [1.54, 1.807) is 0 Å². The Balaban J connectivity index is 4.55. The Hall–Kier alpha value is -4.19. The highest BCUT2D eigenvalue weighted by atomic mass is 16.6. The van der Waals surface area contributed by atoms with Crippen LogP contribution in [0.25, 0.3) is 0 Å². The van der Waals surface area contributed by atoms with Gasteiger partial charge in [0.1, 0.15) is 13.2 Å². The van der Waals surface area contributed by atoms with Gasteiger partial charge >= 0.3 is 17.9 Å². The fourth-order valence-electron chi connectivity index (χ4n) is 7.32. The van der Waals surface area contributed by atoms with Gasteiger partial charge in [0, 0.05) is 19.3 Å². The van der Waals surface area contributed by atoms with E-state index in [0.717, 1.165) is 116 Å². The Morgan fingerprint density at radius 1 is 0.319 bits per heavy atom. The van der Waals surface area contributed by atoms with Crippen LogP contribution in [0.5, 0.6) is 0 Å². The van der Waals surface area contributed by atoms with Crippen LogP contribution >= 0.6 is 0 Å². The molecule has 0 aromatic carbocycles. The van der Waals surface area contributed by atoms with Gasteiger partial charge in [0.25, 0.3) is 0 Å². The second-order valence-electron chi connectivity index (χ2n) is 18.1. The highest BCUT2D eigenvalue weighted by molar-refractivity contribution is 5.71. The summed E-state index contributed by atoms with van der Waals surface area (Å²) < 4.78 is 16.8. The normalized spacial score (nSPS) is 13.0. The monoisotopic (exact) mass is 955 g/mol. The zero-order valence-corrected chi connectivity index (χ0v) is 44.5. The quantitative estimate of drug-likeness (QED) is 0.0199. The Morgan fingerprint density at radius 2 is 0.638 bits per heavy atom. The van der Waals surface area contributed by atoms with Crippen molar-refractivity contribution in [3.8, 4) is 0 Å². The summed E-state index contributed by atoms with van der Waals surface area (Å²) >= 11 is 0. The zero-order valence-electron chi connectivity index (χ0n) is 44.5. The van der Waals surface area contributed by atoms with Gasteiger partial charge in [-0.25, -0.2) is 0 Å². The van der Waals surface area contributed by atoms with Gasteiger partial charge in [-0.05, 0) is 109 Å². The average Bonchev–Trinajstić information content (AvgIpc) is 3.35. The van der Waals surface area contributed by atoms with Gasteiger partial charge in [-0.3, -0.25) is 14.4 Å². The molecule has 0 rings (SSSR count). The highest BCUT2D eigenvalue weighted by Crippen LogP contribution is 2.13. The molecule has 6 heteroatoms. The number of allylic oxidation sites excluding steroid dienone is 20. The van der Waals surface area contributed by atoms with Crippen LogP contribution in [0.2, 0.25) is 0 Å². The van der Waals surface area contributed by atoms with Crippen molar-refractivity contribution >= 4 is 17.9 Å². The maximum absolute atomic E-state index is 12.8. The number of hydrogen-bond acceptors (Lipinski definition) is 6. The molecule has 0 bridgehead atoms. The minimum absolute atomic E-state index is 0.115. The maximum Gasteiger partial charge on any atom is 0.306 e. The molecule has 0 heterocycles. The summed E-state index contributed by atoms with van der Waals surface area (Å²) in [5, 5.41) is 0. The molecule has 6 nitrogen and oxygen atoms in total. The molecule has 0 fully saturated rings. The molecule has 0 amide bonds. The average molecular weight is 956 g/mol. The van der Waals surface area contributed by atoms with E-state index in [0.29, 0.717) is 12.8 Å². The van der Waals surface area contributed by atoms with Crippen molar-refractivity contribution in [2.75, 3.05) is 13.2 Å². The minimum atomic E-state index is -0.824. The van der Waals surface area contributed by atoms with Gasteiger partial charge in [-0.15, -0.1) is 0 Å². The van der Waals surface area contributed by atoms with Crippen LogP contribution in [0, 0.1) is 0 Å². The molecule has 69 heavy (non-hydrogen) atoms. The lowest BCUT2D eigenvalue weighted by atomic mass is 10.1. The number of unbranched alkanes of at least 4 members (excludes halogenated alkanes) is 19. The third kappa shape index (κ3) is 54.6. The molecular weight excluding hydrogens is 853 g/mol. The van der Waals surface area contributed by atoms with Crippen LogP contribution in [0.4, 0.5) is 0 Å². The summed E-state index contributed by atoms with van der Waals surface area (Å²) in [6.45, 7) is 6.32. The predicted octanol–water partition coefficient (Wildman–Crippen LogP) is 18.9. The van der Waals surface area contributed by atoms with Gasteiger partial charge in [-0.2, -0.15) is 0 Å². The second-order valence-corrected chi connectivity index (χ2v) is 18.1. The van der Waals surface area contributed by atoms with Crippen molar-refractivity contribution in [3.63, 3.8) is 0 Å². The first-order valence-electron chi connectivity index (χ1n) is 28.1. The van der Waals surface area contributed by atoms with E-state index in [4.69, 9.17) is 14.2 Å². The Labute approximate surface area is 424 Å². The maximum atomic E-state index is 12.8. The lowest BCUT2D eigenvalue weighted by Gasteiger charge is -2.18. The molecule has 0 saturated carbocycles. The van der Waals surface area contributed by atoms with Crippen LogP contribution in [-0.2, 0) is 28.6 Å².